The lowest BCUT2D eigenvalue weighted by Crippen LogP contribution is -2.43. The number of benzene rings is 2. The first-order valence-corrected chi connectivity index (χ1v) is 10.4. The van der Waals surface area contributed by atoms with E-state index < -0.39 is 10.0 Å². The monoisotopic (exact) mass is 388 g/mol. The summed E-state index contributed by atoms with van der Waals surface area (Å²) in [6, 6.07) is 13.9. The molecule has 1 fully saturated rings. The molecule has 1 aliphatic rings. The molecule has 6 nitrogen and oxygen atoms in total. The summed E-state index contributed by atoms with van der Waals surface area (Å²) in [7, 11) is -2.10. The molecule has 0 unspecified atom stereocenters. The van der Waals surface area contributed by atoms with Crippen LogP contribution in [0.15, 0.2) is 53.4 Å². The molecule has 1 atom stereocenters. The van der Waals surface area contributed by atoms with Crippen molar-refractivity contribution in [3.63, 3.8) is 0 Å². The van der Waals surface area contributed by atoms with E-state index in [0.717, 1.165) is 11.3 Å². The van der Waals surface area contributed by atoms with Crippen molar-refractivity contribution in [3.05, 3.63) is 54.1 Å². The Bertz CT molecular complexity index is 893. The van der Waals surface area contributed by atoms with Crippen molar-refractivity contribution in [2.45, 2.75) is 24.7 Å². The molecule has 7 heteroatoms. The predicted octanol–water partition coefficient (Wildman–Crippen LogP) is 3.04. The fourth-order valence-corrected chi connectivity index (χ4v) is 4.68. The molecule has 0 aliphatic carbocycles. The molecule has 2 aromatic rings. The third-order valence-corrected chi connectivity index (χ3v) is 6.65. The van der Waals surface area contributed by atoms with Crippen molar-refractivity contribution in [1.29, 1.82) is 0 Å². The lowest BCUT2D eigenvalue weighted by atomic mass is 9.98. The van der Waals surface area contributed by atoms with Crippen LogP contribution in [0.1, 0.15) is 18.4 Å². The highest BCUT2D eigenvalue weighted by molar-refractivity contribution is 7.89. The van der Waals surface area contributed by atoms with E-state index >= 15 is 0 Å². The second kappa shape index (κ2) is 8.10. The van der Waals surface area contributed by atoms with Crippen LogP contribution in [0.3, 0.4) is 0 Å². The molecule has 1 N–H and O–H groups in total. The summed E-state index contributed by atoms with van der Waals surface area (Å²) in [5, 5.41) is 2.89. The van der Waals surface area contributed by atoms with Gasteiger partial charge in [0.2, 0.25) is 15.9 Å². The topological polar surface area (TPSA) is 75.7 Å². The summed E-state index contributed by atoms with van der Waals surface area (Å²) in [5.74, 6) is 0.0875. The molecule has 1 saturated heterocycles. The van der Waals surface area contributed by atoms with Gasteiger partial charge in [0.1, 0.15) is 5.75 Å². The highest BCUT2D eigenvalue weighted by atomic mass is 32.2. The first kappa shape index (κ1) is 19.4. The van der Waals surface area contributed by atoms with Crippen molar-refractivity contribution in [2.75, 3.05) is 25.5 Å². The second-order valence-electron chi connectivity index (χ2n) is 6.73. The lowest BCUT2D eigenvalue weighted by molar-refractivity contribution is -0.120. The second-order valence-corrected chi connectivity index (χ2v) is 8.67. The molecule has 27 heavy (non-hydrogen) atoms. The van der Waals surface area contributed by atoms with Crippen molar-refractivity contribution < 1.29 is 17.9 Å². The fourth-order valence-electron chi connectivity index (χ4n) is 3.15. The SMILES string of the molecule is COc1ccc(S(=O)(=O)N2CCC[C@@H](C(=O)Nc3ccc(C)cc3)C2)cc1. The van der Waals surface area contributed by atoms with Gasteiger partial charge in [-0.15, -0.1) is 0 Å². The number of carbonyl (C=O) groups is 1. The van der Waals surface area contributed by atoms with Crippen LogP contribution in [0, 0.1) is 12.8 Å². The molecule has 1 aliphatic heterocycles. The number of nitrogens with one attached hydrogen (secondary N) is 1. The van der Waals surface area contributed by atoms with Crippen LogP contribution in [-0.4, -0.2) is 38.8 Å². The molecular formula is C20H24N2O4S. The number of hydrogen-bond donors (Lipinski definition) is 1. The molecule has 0 bridgehead atoms. The number of hydrogen-bond acceptors (Lipinski definition) is 4. The summed E-state index contributed by atoms with van der Waals surface area (Å²) in [6.45, 7) is 2.59. The van der Waals surface area contributed by atoms with Gasteiger partial charge in [-0.2, -0.15) is 4.31 Å². The Balaban J connectivity index is 1.70. The molecule has 2 aromatic carbocycles. The van der Waals surface area contributed by atoms with Crippen molar-refractivity contribution >= 4 is 21.6 Å². The lowest BCUT2D eigenvalue weighted by Gasteiger charge is -2.31. The Labute approximate surface area is 160 Å². The summed E-state index contributed by atoms with van der Waals surface area (Å²) < 4.78 is 32.3. The van der Waals surface area contributed by atoms with Crippen molar-refractivity contribution in [2.24, 2.45) is 5.92 Å². The van der Waals surface area contributed by atoms with Gasteiger partial charge in [0.15, 0.2) is 0 Å². The molecule has 1 heterocycles. The number of anilines is 1. The average molecular weight is 388 g/mol. The van der Waals surface area contributed by atoms with E-state index in [-0.39, 0.29) is 23.3 Å². The van der Waals surface area contributed by atoms with E-state index in [1.165, 1.54) is 23.5 Å². The van der Waals surface area contributed by atoms with Gasteiger partial charge >= 0.3 is 0 Å². The molecule has 3 rings (SSSR count). The fraction of sp³-hybridized carbons (Fsp3) is 0.350. The normalized spacial score (nSPS) is 18.1. The standard InChI is InChI=1S/C20H24N2O4S/c1-15-5-7-17(8-6-15)21-20(23)16-4-3-13-22(14-16)27(24,25)19-11-9-18(26-2)10-12-19/h5-12,16H,3-4,13-14H2,1-2H3,(H,21,23)/t16-/m1/s1. The molecule has 0 aromatic heterocycles. The summed E-state index contributed by atoms with van der Waals surface area (Å²) in [6.07, 6.45) is 1.33. The van der Waals surface area contributed by atoms with Gasteiger partial charge in [0.05, 0.1) is 17.9 Å². The van der Waals surface area contributed by atoms with Gasteiger partial charge in [-0.1, -0.05) is 17.7 Å². The van der Waals surface area contributed by atoms with E-state index in [1.807, 2.05) is 31.2 Å². The van der Waals surface area contributed by atoms with Gasteiger partial charge in [-0.05, 0) is 56.2 Å². The number of piperidine rings is 1. The van der Waals surface area contributed by atoms with Crippen LogP contribution in [0.5, 0.6) is 5.75 Å². The highest BCUT2D eigenvalue weighted by Gasteiger charge is 2.33. The maximum absolute atomic E-state index is 12.9. The predicted molar refractivity (Wildman–Crippen MR) is 104 cm³/mol. The largest absolute Gasteiger partial charge is 0.497 e. The van der Waals surface area contributed by atoms with Gasteiger partial charge in [0.25, 0.3) is 0 Å². The molecule has 144 valence electrons. The van der Waals surface area contributed by atoms with Crippen molar-refractivity contribution in [1.82, 2.24) is 4.31 Å². The molecule has 1 amide bonds. The Hall–Kier alpha value is -2.38. The van der Waals surface area contributed by atoms with Crippen LogP contribution >= 0.6 is 0 Å². The zero-order valence-corrected chi connectivity index (χ0v) is 16.3. The third kappa shape index (κ3) is 4.48. The van der Waals surface area contributed by atoms with Crippen molar-refractivity contribution in [3.8, 4) is 5.75 Å². The number of nitrogens with zero attached hydrogens (tertiary/aromatic N) is 1. The zero-order chi connectivity index (χ0) is 19.4. The van der Waals surface area contributed by atoms with E-state index in [2.05, 4.69) is 5.32 Å². The Kier molecular flexibility index (Phi) is 5.82. The Morgan fingerprint density at radius 2 is 1.78 bits per heavy atom. The number of rotatable bonds is 5. The van der Waals surface area contributed by atoms with Gasteiger partial charge in [-0.3, -0.25) is 4.79 Å². The number of ether oxygens (including phenoxy) is 1. The van der Waals surface area contributed by atoms with Gasteiger partial charge in [-0.25, -0.2) is 8.42 Å². The number of sulfonamides is 1. The summed E-state index contributed by atoms with van der Waals surface area (Å²) in [5.41, 5.74) is 1.84. The summed E-state index contributed by atoms with van der Waals surface area (Å²) >= 11 is 0. The van der Waals surface area contributed by atoms with Crippen LogP contribution in [0.2, 0.25) is 0 Å². The van der Waals surface area contributed by atoms with Crippen LogP contribution < -0.4 is 10.1 Å². The number of amides is 1. The molecule has 0 spiro atoms. The molecule has 0 saturated carbocycles. The van der Waals surface area contributed by atoms with Gasteiger partial charge in [0, 0.05) is 18.8 Å². The molecular weight excluding hydrogens is 364 g/mol. The van der Waals surface area contributed by atoms with E-state index in [1.54, 1.807) is 12.1 Å². The third-order valence-electron chi connectivity index (χ3n) is 4.77. The van der Waals surface area contributed by atoms with Crippen LogP contribution in [-0.2, 0) is 14.8 Å². The first-order chi connectivity index (χ1) is 12.9. The minimum Gasteiger partial charge on any atom is -0.497 e. The number of aryl methyl sites for hydroxylation is 1. The summed E-state index contributed by atoms with van der Waals surface area (Å²) in [4.78, 5) is 12.8. The van der Waals surface area contributed by atoms with Crippen LogP contribution in [0.4, 0.5) is 5.69 Å². The Morgan fingerprint density at radius 1 is 1.11 bits per heavy atom. The van der Waals surface area contributed by atoms with E-state index in [9.17, 15) is 13.2 Å². The first-order valence-electron chi connectivity index (χ1n) is 8.92. The highest BCUT2D eigenvalue weighted by Crippen LogP contribution is 2.26. The maximum atomic E-state index is 12.9. The minimum atomic E-state index is -3.63. The Morgan fingerprint density at radius 3 is 2.41 bits per heavy atom. The minimum absolute atomic E-state index is 0.145. The smallest absolute Gasteiger partial charge is 0.243 e. The van der Waals surface area contributed by atoms with Crippen LogP contribution in [0.25, 0.3) is 0 Å². The van der Waals surface area contributed by atoms with Gasteiger partial charge < -0.3 is 10.1 Å². The van der Waals surface area contributed by atoms with E-state index in [0.29, 0.717) is 25.1 Å². The van der Waals surface area contributed by atoms with E-state index in [4.69, 9.17) is 4.74 Å². The number of methoxy groups -OCH3 is 1. The quantitative estimate of drug-likeness (QED) is 0.854. The maximum Gasteiger partial charge on any atom is 0.243 e. The zero-order valence-electron chi connectivity index (χ0n) is 15.5. The molecule has 0 radical (unpaired) electrons. The average Bonchev–Trinajstić information content (AvgIpc) is 2.70. The number of carbonyl (C=O) groups excluding carboxylic acids is 1.